The van der Waals surface area contributed by atoms with E-state index >= 15 is 0 Å². The summed E-state index contributed by atoms with van der Waals surface area (Å²) in [6, 6.07) is 0.580. The van der Waals surface area contributed by atoms with Crippen LogP contribution >= 0.6 is 0 Å². The summed E-state index contributed by atoms with van der Waals surface area (Å²) >= 11 is 0. The van der Waals surface area contributed by atoms with Crippen molar-refractivity contribution in [1.29, 1.82) is 0 Å². The lowest BCUT2D eigenvalue weighted by Crippen LogP contribution is -2.37. The first-order valence-corrected chi connectivity index (χ1v) is 7.06. The molecule has 0 aromatic carbocycles. The van der Waals surface area contributed by atoms with E-state index < -0.39 is 10.0 Å². The first-order chi connectivity index (χ1) is 6.49. The molecule has 0 heterocycles. The second kappa shape index (κ2) is 5.09. The van der Waals surface area contributed by atoms with Crippen LogP contribution in [0.3, 0.4) is 0 Å². The third kappa shape index (κ3) is 4.39. The van der Waals surface area contributed by atoms with Gasteiger partial charge in [-0.05, 0) is 18.8 Å². The minimum Gasteiger partial charge on any atom is -0.312 e. The number of hydrogen-bond acceptors (Lipinski definition) is 3. The maximum absolute atomic E-state index is 10.8. The van der Waals surface area contributed by atoms with Gasteiger partial charge in [0.15, 0.2) is 0 Å². The van der Waals surface area contributed by atoms with Gasteiger partial charge in [0.05, 0.1) is 6.26 Å². The van der Waals surface area contributed by atoms with Gasteiger partial charge < -0.3 is 5.32 Å². The average Bonchev–Trinajstić information content (AvgIpc) is 2.44. The van der Waals surface area contributed by atoms with E-state index in [4.69, 9.17) is 0 Å². The predicted octanol–water partition coefficient (Wildman–Crippen LogP) is 0.314. The summed E-state index contributed by atoms with van der Waals surface area (Å²) in [7, 11) is -3.02. The van der Waals surface area contributed by atoms with Gasteiger partial charge in [-0.15, -0.1) is 0 Å². The monoisotopic (exact) mass is 220 g/mol. The highest BCUT2D eigenvalue weighted by Crippen LogP contribution is 2.24. The van der Waals surface area contributed by atoms with E-state index in [0.717, 1.165) is 12.5 Å². The van der Waals surface area contributed by atoms with Crippen molar-refractivity contribution in [2.75, 3.05) is 19.3 Å². The van der Waals surface area contributed by atoms with Crippen LogP contribution in [-0.2, 0) is 10.0 Å². The van der Waals surface area contributed by atoms with Crippen molar-refractivity contribution in [3.63, 3.8) is 0 Å². The third-order valence-electron chi connectivity index (χ3n) is 2.76. The van der Waals surface area contributed by atoms with Crippen LogP contribution in [0.25, 0.3) is 0 Å². The van der Waals surface area contributed by atoms with Crippen molar-refractivity contribution in [3.05, 3.63) is 0 Å². The number of rotatable bonds is 5. The summed E-state index contributed by atoms with van der Waals surface area (Å²) < 4.78 is 24.0. The highest BCUT2D eigenvalue weighted by atomic mass is 32.2. The van der Waals surface area contributed by atoms with Crippen molar-refractivity contribution in [1.82, 2.24) is 10.0 Å². The zero-order valence-electron chi connectivity index (χ0n) is 8.91. The largest absolute Gasteiger partial charge is 0.312 e. The van der Waals surface area contributed by atoms with Crippen molar-refractivity contribution < 1.29 is 8.42 Å². The van der Waals surface area contributed by atoms with Gasteiger partial charge in [-0.25, -0.2) is 13.1 Å². The summed E-state index contributed by atoms with van der Waals surface area (Å²) in [4.78, 5) is 0. The Morgan fingerprint density at radius 1 is 1.29 bits per heavy atom. The fraction of sp³-hybridized carbons (Fsp3) is 1.00. The molecule has 1 fully saturated rings. The van der Waals surface area contributed by atoms with Crippen LogP contribution in [-0.4, -0.2) is 33.8 Å². The SMILES string of the molecule is CC1CCCC1NCCNS(C)(=O)=O. The van der Waals surface area contributed by atoms with Gasteiger partial charge in [-0.2, -0.15) is 0 Å². The Morgan fingerprint density at radius 3 is 2.50 bits per heavy atom. The van der Waals surface area contributed by atoms with E-state index in [1.54, 1.807) is 0 Å². The molecule has 0 amide bonds. The molecule has 0 radical (unpaired) electrons. The van der Waals surface area contributed by atoms with Crippen molar-refractivity contribution in [2.45, 2.75) is 32.2 Å². The maximum atomic E-state index is 10.8. The number of hydrogen-bond donors (Lipinski definition) is 2. The lowest BCUT2D eigenvalue weighted by atomic mass is 10.1. The Labute approximate surface area is 86.5 Å². The van der Waals surface area contributed by atoms with Gasteiger partial charge in [-0.3, -0.25) is 0 Å². The van der Waals surface area contributed by atoms with Crippen LogP contribution in [0.5, 0.6) is 0 Å². The molecule has 2 unspecified atom stereocenters. The summed E-state index contributed by atoms with van der Waals surface area (Å²) in [5.74, 6) is 0.730. The Kier molecular flexibility index (Phi) is 4.34. The maximum Gasteiger partial charge on any atom is 0.208 e. The van der Waals surface area contributed by atoms with Crippen molar-refractivity contribution >= 4 is 10.0 Å². The van der Waals surface area contributed by atoms with Crippen molar-refractivity contribution in [2.24, 2.45) is 5.92 Å². The van der Waals surface area contributed by atoms with Crippen LogP contribution in [0, 0.1) is 5.92 Å². The topological polar surface area (TPSA) is 58.2 Å². The first kappa shape index (κ1) is 11.9. The van der Waals surface area contributed by atoms with E-state index in [2.05, 4.69) is 17.0 Å². The molecule has 1 rings (SSSR count). The standard InChI is InChI=1S/C9H20N2O2S/c1-8-4-3-5-9(8)10-6-7-11-14(2,12)13/h8-11H,3-7H2,1-2H3. The molecule has 0 aromatic rings. The van der Waals surface area contributed by atoms with Gasteiger partial charge >= 0.3 is 0 Å². The van der Waals surface area contributed by atoms with Crippen LogP contribution < -0.4 is 10.0 Å². The van der Waals surface area contributed by atoms with E-state index in [1.165, 1.54) is 25.5 Å². The molecule has 0 bridgehead atoms. The molecule has 1 saturated carbocycles. The van der Waals surface area contributed by atoms with Crippen LogP contribution in [0.1, 0.15) is 26.2 Å². The van der Waals surface area contributed by atoms with Gasteiger partial charge in [0.1, 0.15) is 0 Å². The minimum atomic E-state index is -3.02. The second-order valence-electron chi connectivity index (χ2n) is 4.14. The molecule has 0 saturated heterocycles. The van der Waals surface area contributed by atoms with Gasteiger partial charge in [0.25, 0.3) is 0 Å². The fourth-order valence-electron chi connectivity index (χ4n) is 1.94. The van der Waals surface area contributed by atoms with Gasteiger partial charge in [-0.1, -0.05) is 13.3 Å². The summed E-state index contributed by atoms with van der Waals surface area (Å²) in [6.45, 7) is 3.46. The molecule has 14 heavy (non-hydrogen) atoms. The van der Waals surface area contributed by atoms with Gasteiger partial charge in [0, 0.05) is 19.1 Å². The molecule has 5 heteroatoms. The van der Waals surface area contributed by atoms with Crippen LogP contribution in [0.4, 0.5) is 0 Å². The highest BCUT2D eigenvalue weighted by Gasteiger charge is 2.22. The highest BCUT2D eigenvalue weighted by molar-refractivity contribution is 7.88. The Morgan fingerprint density at radius 2 is 2.00 bits per heavy atom. The van der Waals surface area contributed by atoms with E-state index in [0.29, 0.717) is 12.6 Å². The third-order valence-corrected chi connectivity index (χ3v) is 3.49. The first-order valence-electron chi connectivity index (χ1n) is 5.17. The van der Waals surface area contributed by atoms with Crippen LogP contribution in [0.15, 0.2) is 0 Å². The second-order valence-corrected chi connectivity index (χ2v) is 5.97. The molecule has 1 aliphatic rings. The van der Waals surface area contributed by atoms with Gasteiger partial charge in [0.2, 0.25) is 10.0 Å². The Hall–Kier alpha value is -0.130. The van der Waals surface area contributed by atoms with E-state index in [9.17, 15) is 8.42 Å². The fourth-order valence-corrected chi connectivity index (χ4v) is 2.42. The summed E-state index contributed by atoms with van der Waals surface area (Å²) in [6.07, 6.45) is 4.99. The van der Waals surface area contributed by atoms with Crippen LogP contribution in [0.2, 0.25) is 0 Å². The zero-order chi connectivity index (χ0) is 10.6. The molecular formula is C9H20N2O2S. The van der Waals surface area contributed by atoms with E-state index in [1.807, 2.05) is 0 Å². The molecule has 0 spiro atoms. The quantitative estimate of drug-likeness (QED) is 0.656. The molecule has 0 aliphatic heterocycles. The summed E-state index contributed by atoms with van der Waals surface area (Å²) in [5, 5.41) is 3.38. The Bertz CT molecular complexity index is 264. The molecular weight excluding hydrogens is 200 g/mol. The molecule has 0 aromatic heterocycles. The normalized spacial score (nSPS) is 28.1. The summed E-state index contributed by atoms with van der Waals surface area (Å²) in [5.41, 5.74) is 0. The molecule has 2 atom stereocenters. The molecule has 4 nitrogen and oxygen atoms in total. The lowest BCUT2D eigenvalue weighted by Gasteiger charge is -2.16. The smallest absolute Gasteiger partial charge is 0.208 e. The Balaban J connectivity index is 2.09. The minimum absolute atomic E-state index is 0.488. The predicted molar refractivity (Wildman–Crippen MR) is 57.7 cm³/mol. The molecule has 84 valence electrons. The van der Waals surface area contributed by atoms with Crippen molar-refractivity contribution in [3.8, 4) is 0 Å². The zero-order valence-corrected chi connectivity index (χ0v) is 9.73. The number of sulfonamides is 1. The molecule has 1 aliphatic carbocycles. The number of nitrogens with one attached hydrogen (secondary N) is 2. The average molecular weight is 220 g/mol. The molecule has 2 N–H and O–H groups in total. The van der Waals surface area contributed by atoms with E-state index in [-0.39, 0.29) is 0 Å². The lowest BCUT2D eigenvalue weighted by molar-refractivity contribution is 0.429.